The van der Waals surface area contributed by atoms with E-state index in [1.165, 1.54) is 22.9 Å². The van der Waals surface area contributed by atoms with E-state index in [0.29, 0.717) is 12.3 Å². The van der Waals surface area contributed by atoms with Crippen LogP contribution in [0.25, 0.3) is 0 Å². The lowest BCUT2D eigenvalue weighted by molar-refractivity contribution is 0.0943. The molecule has 25 heavy (non-hydrogen) atoms. The Morgan fingerprint density at radius 2 is 2.20 bits per heavy atom. The Bertz CT molecular complexity index is 892. The van der Waals surface area contributed by atoms with Crippen molar-refractivity contribution in [1.82, 2.24) is 24.9 Å². The van der Waals surface area contributed by atoms with Gasteiger partial charge < -0.3 is 10.1 Å². The van der Waals surface area contributed by atoms with Crippen molar-refractivity contribution in [2.75, 3.05) is 0 Å². The van der Waals surface area contributed by atoms with Crippen LogP contribution in [-0.4, -0.2) is 25.5 Å². The molecule has 3 aromatic rings. The van der Waals surface area contributed by atoms with E-state index < -0.39 is 5.82 Å². The molecular formula is C16H15ClFN5O2. The Morgan fingerprint density at radius 3 is 2.92 bits per heavy atom. The van der Waals surface area contributed by atoms with Crippen molar-refractivity contribution in [3.63, 3.8) is 0 Å². The third kappa shape index (κ3) is 4.16. The van der Waals surface area contributed by atoms with Crippen molar-refractivity contribution in [2.24, 2.45) is 7.05 Å². The van der Waals surface area contributed by atoms with Gasteiger partial charge in [0, 0.05) is 25.5 Å². The van der Waals surface area contributed by atoms with Gasteiger partial charge in [0.1, 0.15) is 17.3 Å². The Balaban J connectivity index is 1.55. The summed E-state index contributed by atoms with van der Waals surface area (Å²) >= 11 is 5.69. The molecule has 1 amide bonds. The molecule has 0 atom stereocenters. The molecule has 0 aliphatic rings. The highest BCUT2D eigenvalue weighted by molar-refractivity contribution is 6.30. The van der Waals surface area contributed by atoms with Crippen LogP contribution in [0.2, 0.25) is 5.02 Å². The quantitative estimate of drug-likeness (QED) is 0.729. The highest BCUT2D eigenvalue weighted by Gasteiger charge is 2.10. The van der Waals surface area contributed by atoms with Crippen LogP contribution in [0.1, 0.15) is 16.2 Å². The van der Waals surface area contributed by atoms with E-state index in [0.717, 1.165) is 5.69 Å². The van der Waals surface area contributed by atoms with Crippen LogP contribution in [0.5, 0.6) is 5.75 Å². The SMILES string of the molecule is Cn1nccc1CNC(=O)c1ccn(COc2ccc(F)c(Cl)c2)n1. The molecule has 0 radical (unpaired) electrons. The third-order valence-electron chi connectivity index (χ3n) is 3.48. The van der Waals surface area contributed by atoms with Gasteiger partial charge in [0.05, 0.1) is 17.3 Å². The monoisotopic (exact) mass is 363 g/mol. The fraction of sp³-hybridized carbons (Fsp3) is 0.188. The lowest BCUT2D eigenvalue weighted by Crippen LogP contribution is -2.24. The number of rotatable bonds is 6. The lowest BCUT2D eigenvalue weighted by atomic mass is 10.3. The Morgan fingerprint density at radius 1 is 1.36 bits per heavy atom. The minimum atomic E-state index is -0.513. The van der Waals surface area contributed by atoms with Crippen molar-refractivity contribution < 1.29 is 13.9 Å². The van der Waals surface area contributed by atoms with Gasteiger partial charge in [0.2, 0.25) is 0 Å². The summed E-state index contributed by atoms with van der Waals surface area (Å²) in [7, 11) is 1.80. The van der Waals surface area contributed by atoms with E-state index in [1.807, 2.05) is 6.07 Å². The Labute approximate surface area is 148 Å². The number of carbonyl (C=O) groups is 1. The molecule has 2 heterocycles. The molecule has 1 aromatic carbocycles. The van der Waals surface area contributed by atoms with Crippen LogP contribution >= 0.6 is 11.6 Å². The minimum Gasteiger partial charge on any atom is -0.471 e. The van der Waals surface area contributed by atoms with Crippen LogP contribution in [0.15, 0.2) is 42.7 Å². The summed E-state index contributed by atoms with van der Waals surface area (Å²) in [6, 6.07) is 7.46. The van der Waals surface area contributed by atoms with Crippen LogP contribution in [0.4, 0.5) is 4.39 Å². The minimum absolute atomic E-state index is 0.0202. The number of aryl methyl sites for hydroxylation is 1. The summed E-state index contributed by atoms with van der Waals surface area (Å²) in [6.45, 7) is 0.420. The summed E-state index contributed by atoms with van der Waals surface area (Å²) in [5.41, 5.74) is 1.15. The standard InChI is InChI=1S/C16H15ClFN5O2/c1-22-11(4-6-20-22)9-19-16(24)15-5-7-23(21-15)10-25-12-2-3-14(18)13(17)8-12/h2-8H,9-10H2,1H3,(H,19,24). The molecule has 0 aliphatic carbocycles. The molecule has 0 saturated carbocycles. The van der Waals surface area contributed by atoms with Gasteiger partial charge in [-0.3, -0.25) is 9.48 Å². The zero-order valence-corrected chi connectivity index (χ0v) is 14.1. The zero-order valence-electron chi connectivity index (χ0n) is 13.3. The highest BCUT2D eigenvalue weighted by atomic mass is 35.5. The highest BCUT2D eigenvalue weighted by Crippen LogP contribution is 2.21. The second-order valence-electron chi connectivity index (χ2n) is 5.22. The molecule has 0 saturated heterocycles. The number of ether oxygens (including phenoxy) is 1. The average molecular weight is 364 g/mol. The second-order valence-corrected chi connectivity index (χ2v) is 5.63. The predicted molar refractivity (Wildman–Crippen MR) is 88.6 cm³/mol. The van der Waals surface area contributed by atoms with Crippen molar-refractivity contribution in [1.29, 1.82) is 0 Å². The largest absolute Gasteiger partial charge is 0.471 e. The van der Waals surface area contributed by atoms with E-state index in [4.69, 9.17) is 16.3 Å². The smallest absolute Gasteiger partial charge is 0.272 e. The number of benzene rings is 1. The molecular weight excluding hydrogens is 349 g/mol. The first kappa shape index (κ1) is 17.0. The van der Waals surface area contributed by atoms with Gasteiger partial charge in [0.15, 0.2) is 6.73 Å². The van der Waals surface area contributed by atoms with E-state index in [9.17, 15) is 9.18 Å². The number of carbonyl (C=O) groups excluding carboxylic acids is 1. The van der Waals surface area contributed by atoms with Crippen LogP contribution < -0.4 is 10.1 Å². The molecule has 0 fully saturated rings. The number of hydrogen-bond donors (Lipinski definition) is 1. The van der Waals surface area contributed by atoms with Gasteiger partial charge >= 0.3 is 0 Å². The molecule has 7 nitrogen and oxygen atoms in total. The summed E-state index contributed by atoms with van der Waals surface area (Å²) < 4.78 is 21.7. The molecule has 0 bridgehead atoms. The second kappa shape index (κ2) is 7.35. The summed E-state index contributed by atoms with van der Waals surface area (Å²) in [6.07, 6.45) is 3.28. The molecule has 0 unspecified atom stereocenters. The van der Waals surface area contributed by atoms with Gasteiger partial charge in [-0.15, -0.1) is 0 Å². The topological polar surface area (TPSA) is 74.0 Å². The number of nitrogens with one attached hydrogen (secondary N) is 1. The first-order valence-electron chi connectivity index (χ1n) is 7.39. The zero-order chi connectivity index (χ0) is 17.8. The van der Waals surface area contributed by atoms with Crippen molar-refractivity contribution >= 4 is 17.5 Å². The van der Waals surface area contributed by atoms with E-state index >= 15 is 0 Å². The number of aromatic nitrogens is 4. The van der Waals surface area contributed by atoms with Gasteiger partial charge in [0.25, 0.3) is 5.91 Å². The Kier molecular flexibility index (Phi) is 4.99. The summed E-state index contributed by atoms with van der Waals surface area (Å²) in [5.74, 6) is -0.408. The maximum Gasteiger partial charge on any atom is 0.272 e. The van der Waals surface area contributed by atoms with E-state index in [2.05, 4.69) is 15.5 Å². The summed E-state index contributed by atoms with van der Waals surface area (Å²) in [5, 5.41) is 10.9. The maximum atomic E-state index is 13.1. The fourth-order valence-corrected chi connectivity index (χ4v) is 2.27. The van der Waals surface area contributed by atoms with Crippen LogP contribution in [0, 0.1) is 5.82 Å². The van der Waals surface area contributed by atoms with Gasteiger partial charge in [-0.05, 0) is 24.3 Å². The molecule has 3 rings (SSSR count). The number of hydrogen-bond acceptors (Lipinski definition) is 4. The van der Waals surface area contributed by atoms with Crippen molar-refractivity contribution in [3.8, 4) is 5.75 Å². The van der Waals surface area contributed by atoms with Crippen molar-refractivity contribution in [2.45, 2.75) is 13.3 Å². The first-order valence-corrected chi connectivity index (χ1v) is 7.77. The number of nitrogens with zero attached hydrogens (tertiary/aromatic N) is 4. The number of halogens is 2. The molecule has 1 N–H and O–H groups in total. The van der Waals surface area contributed by atoms with E-state index in [-0.39, 0.29) is 23.4 Å². The van der Waals surface area contributed by atoms with Gasteiger partial charge in [-0.1, -0.05) is 11.6 Å². The number of amides is 1. The van der Waals surface area contributed by atoms with Gasteiger partial charge in [-0.25, -0.2) is 9.07 Å². The first-order chi connectivity index (χ1) is 12.0. The van der Waals surface area contributed by atoms with Crippen LogP contribution in [0.3, 0.4) is 0 Å². The third-order valence-corrected chi connectivity index (χ3v) is 3.77. The average Bonchev–Trinajstić information content (AvgIpc) is 3.23. The molecule has 9 heteroatoms. The summed E-state index contributed by atoms with van der Waals surface area (Å²) in [4.78, 5) is 12.1. The normalized spacial score (nSPS) is 10.7. The lowest BCUT2D eigenvalue weighted by Gasteiger charge is -2.07. The van der Waals surface area contributed by atoms with Gasteiger partial charge in [-0.2, -0.15) is 10.2 Å². The maximum absolute atomic E-state index is 13.1. The predicted octanol–water partition coefficient (Wildman–Crippen LogP) is 2.38. The molecule has 0 aliphatic heterocycles. The molecule has 0 spiro atoms. The molecule has 2 aromatic heterocycles. The Hall–Kier alpha value is -2.87. The molecule has 130 valence electrons. The fourth-order valence-electron chi connectivity index (χ4n) is 2.10. The van der Waals surface area contributed by atoms with Crippen molar-refractivity contribution in [3.05, 3.63) is 65.0 Å². The van der Waals surface area contributed by atoms with E-state index in [1.54, 1.807) is 30.2 Å². The van der Waals surface area contributed by atoms with Crippen LogP contribution in [-0.2, 0) is 20.3 Å².